The zero-order valence-electron chi connectivity index (χ0n) is 23.9. The number of hydrogen-bond acceptors (Lipinski definition) is 7. The minimum absolute atomic E-state index is 0.0154. The van der Waals surface area contributed by atoms with E-state index in [1.807, 2.05) is 6.92 Å². The molecule has 2 aromatic heterocycles. The van der Waals surface area contributed by atoms with Gasteiger partial charge in [-0.3, -0.25) is 9.48 Å². The van der Waals surface area contributed by atoms with Gasteiger partial charge in [0.15, 0.2) is 0 Å². The van der Waals surface area contributed by atoms with Crippen molar-refractivity contribution in [2.75, 3.05) is 23.8 Å². The fourth-order valence-corrected chi connectivity index (χ4v) is 5.32. The lowest BCUT2D eigenvalue weighted by Gasteiger charge is -2.23. The number of anilines is 2. The molecule has 1 amide bonds. The molecule has 9 nitrogen and oxygen atoms in total. The van der Waals surface area contributed by atoms with Gasteiger partial charge in [0.1, 0.15) is 5.75 Å². The first-order chi connectivity index (χ1) is 21.1. The molecule has 0 radical (unpaired) electrons. The van der Waals surface area contributed by atoms with Crippen LogP contribution < -0.4 is 10.6 Å². The van der Waals surface area contributed by atoms with Crippen molar-refractivity contribution in [1.82, 2.24) is 19.7 Å². The quantitative estimate of drug-likeness (QED) is 0.201. The highest BCUT2D eigenvalue weighted by molar-refractivity contribution is 6.06. The summed E-state index contributed by atoms with van der Waals surface area (Å²) in [6.07, 6.45) is 2.22. The average molecular weight is 603 g/mol. The molecular formula is C32H29F3N6O3. The molecule has 5 aromatic rings. The number of benzene rings is 3. The van der Waals surface area contributed by atoms with Crippen LogP contribution in [0.4, 0.5) is 24.8 Å². The van der Waals surface area contributed by atoms with E-state index in [0.717, 1.165) is 30.5 Å². The molecule has 3 aromatic carbocycles. The monoisotopic (exact) mass is 602 g/mol. The zero-order valence-corrected chi connectivity index (χ0v) is 23.9. The second-order valence-electron chi connectivity index (χ2n) is 10.8. The molecule has 6 rings (SSSR count). The molecule has 3 N–H and O–H groups in total. The molecule has 1 fully saturated rings. The number of nitrogens with zero attached hydrogens (tertiary/aromatic N) is 4. The summed E-state index contributed by atoms with van der Waals surface area (Å²) in [6, 6.07) is 11.3. The van der Waals surface area contributed by atoms with Crippen molar-refractivity contribution in [2.45, 2.75) is 32.0 Å². The van der Waals surface area contributed by atoms with Crippen molar-refractivity contribution in [2.24, 2.45) is 7.05 Å². The summed E-state index contributed by atoms with van der Waals surface area (Å²) in [5.74, 6) is -0.212. The summed E-state index contributed by atoms with van der Waals surface area (Å²) < 4.78 is 46.6. The molecule has 226 valence electrons. The maximum Gasteiger partial charge on any atom is 0.416 e. The Kier molecular flexibility index (Phi) is 7.68. The van der Waals surface area contributed by atoms with Crippen molar-refractivity contribution in [1.29, 1.82) is 0 Å². The number of aromatic hydroxyl groups is 1. The number of halogens is 3. The third kappa shape index (κ3) is 5.93. The van der Waals surface area contributed by atoms with Crippen LogP contribution in [0.1, 0.15) is 34.3 Å². The van der Waals surface area contributed by atoms with Crippen LogP contribution in [-0.2, 0) is 18.0 Å². The van der Waals surface area contributed by atoms with Crippen molar-refractivity contribution in [3.05, 3.63) is 83.8 Å². The second kappa shape index (κ2) is 11.6. The first kappa shape index (κ1) is 29.1. The van der Waals surface area contributed by atoms with E-state index in [2.05, 4.69) is 20.7 Å². The third-order valence-corrected chi connectivity index (χ3v) is 7.63. The number of alkyl halides is 3. The normalized spacial score (nSPS) is 14.1. The average Bonchev–Trinajstić information content (AvgIpc) is 3.43. The number of ether oxygens (including phenoxy) is 1. The molecule has 0 saturated carbocycles. The lowest BCUT2D eigenvalue weighted by molar-refractivity contribution is -0.137. The number of fused-ring (bicyclic) bond motifs is 1. The molecule has 0 atom stereocenters. The summed E-state index contributed by atoms with van der Waals surface area (Å²) in [7, 11) is 1.77. The van der Waals surface area contributed by atoms with Gasteiger partial charge in [-0.1, -0.05) is 12.1 Å². The number of nitrogens with one attached hydrogen (secondary N) is 2. The van der Waals surface area contributed by atoms with E-state index in [0.29, 0.717) is 52.3 Å². The van der Waals surface area contributed by atoms with E-state index in [1.54, 1.807) is 54.6 Å². The van der Waals surface area contributed by atoms with E-state index < -0.39 is 17.6 Å². The summed E-state index contributed by atoms with van der Waals surface area (Å²) >= 11 is 0. The van der Waals surface area contributed by atoms with Gasteiger partial charge in [-0.05, 0) is 67.3 Å². The van der Waals surface area contributed by atoms with Gasteiger partial charge >= 0.3 is 6.18 Å². The standard InChI is InChI=1S/C32H29F3N6O3/c1-18-6-7-19(30(43)38-24-5-3-4-22(14-24)32(33,34)35)12-25(18)26-13-20-15-36-31(39-23-8-10-44-11-9-23)40-28(20)27(29(26)42)21-16-37-41(2)17-21/h3-7,12-17,23,42H,8-11H2,1-2H3,(H,38,43)(H,36,39,40). The van der Waals surface area contributed by atoms with Gasteiger partial charge in [0, 0.05) is 66.5 Å². The Morgan fingerprint density at radius 2 is 1.86 bits per heavy atom. The molecule has 1 saturated heterocycles. The topological polar surface area (TPSA) is 114 Å². The molecule has 0 spiro atoms. The third-order valence-electron chi connectivity index (χ3n) is 7.63. The number of aryl methyl sites for hydroxylation is 2. The van der Waals surface area contributed by atoms with E-state index in [-0.39, 0.29) is 23.0 Å². The lowest BCUT2D eigenvalue weighted by atomic mass is 9.92. The van der Waals surface area contributed by atoms with E-state index in [4.69, 9.17) is 9.72 Å². The second-order valence-corrected chi connectivity index (χ2v) is 10.8. The first-order valence-corrected chi connectivity index (χ1v) is 14.0. The lowest BCUT2D eigenvalue weighted by Crippen LogP contribution is -2.28. The fourth-order valence-electron chi connectivity index (χ4n) is 5.32. The molecule has 0 aliphatic carbocycles. The summed E-state index contributed by atoms with van der Waals surface area (Å²) in [4.78, 5) is 22.5. The van der Waals surface area contributed by atoms with Crippen molar-refractivity contribution in [3.8, 4) is 28.0 Å². The largest absolute Gasteiger partial charge is 0.507 e. The smallest absolute Gasteiger partial charge is 0.416 e. The molecule has 44 heavy (non-hydrogen) atoms. The van der Waals surface area contributed by atoms with Crippen LogP contribution in [0.2, 0.25) is 0 Å². The van der Waals surface area contributed by atoms with Crippen LogP contribution in [0.25, 0.3) is 33.2 Å². The van der Waals surface area contributed by atoms with Crippen molar-refractivity contribution in [3.63, 3.8) is 0 Å². The maximum atomic E-state index is 13.2. The van der Waals surface area contributed by atoms with Crippen molar-refractivity contribution >= 4 is 28.4 Å². The fraction of sp³-hybridized carbons (Fsp3) is 0.250. The highest BCUT2D eigenvalue weighted by atomic mass is 19.4. The number of carbonyl (C=O) groups is 1. The van der Waals surface area contributed by atoms with Gasteiger partial charge in [-0.15, -0.1) is 0 Å². The molecule has 1 aliphatic heterocycles. The van der Waals surface area contributed by atoms with Gasteiger partial charge in [0.25, 0.3) is 5.91 Å². The van der Waals surface area contributed by atoms with Crippen LogP contribution in [0.5, 0.6) is 5.75 Å². The molecule has 0 bridgehead atoms. The predicted molar refractivity (Wildman–Crippen MR) is 160 cm³/mol. The maximum absolute atomic E-state index is 13.2. The van der Waals surface area contributed by atoms with Crippen molar-refractivity contribution < 1.29 is 27.8 Å². The van der Waals surface area contributed by atoms with E-state index in [9.17, 15) is 23.1 Å². The molecular weight excluding hydrogens is 573 g/mol. The Morgan fingerprint density at radius 3 is 2.59 bits per heavy atom. The number of phenolic OH excluding ortho intramolecular Hbond substituents is 1. The highest BCUT2D eigenvalue weighted by Gasteiger charge is 2.30. The zero-order chi connectivity index (χ0) is 31.0. The van der Waals surface area contributed by atoms with Gasteiger partial charge in [0.05, 0.1) is 22.8 Å². The SMILES string of the molecule is Cc1ccc(C(=O)Nc2cccc(C(F)(F)F)c2)cc1-c1cc2cnc(NC3CCOCC3)nc2c(-c2cnn(C)c2)c1O. The van der Waals surface area contributed by atoms with Crippen LogP contribution >= 0.6 is 0 Å². The Balaban J connectivity index is 1.41. The minimum atomic E-state index is -4.54. The number of rotatable bonds is 6. The van der Waals surface area contributed by atoms with E-state index >= 15 is 0 Å². The number of carbonyl (C=O) groups excluding carboxylic acids is 1. The Hall–Kier alpha value is -4.97. The van der Waals surface area contributed by atoms with Gasteiger partial charge in [0.2, 0.25) is 5.95 Å². The summed E-state index contributed by atoms with van der Waals surface area (Å²) in [6.45, 7) is 3.16. The number of hydrogen-bond donors (Lipinski definition) is 3. The molecule has 0 unspecified atom stereocenters. The molecule has 12 heteroatoms. The Morgan fingerprint density at radius 1 is 1.07 bits per heavy atom. The molecule has 3 heterocycles. The number of amides is 1. The van der Waals surface area contributed by atoms with Crippen LogP contribution in [0.15, 0.2) is 67.1 Å². The van der Waals surface area contributed by atoms with Gasteiger partial charge < -0.3 is 20.5 Å². The van der Waals surface area contributed by atoms with E-state index in [1.165, 1.54) is 12.1 Å². The van der Waals surface area contributed by atoms with Crippen LogP contribution in [0.3, 0.4) is 0 Å². The summed E-state index contributed by atoms with van der Waals surface area (Å²) in [5.41, 5.74) is 2.76. The Labute approximate surface area is 250 Å². The molecule has 1 aliphatic rings. The van der Waals surface area contributed by atoms with Gasteiger partial charge in [-0.2, -0.15) is 18.3 Å². The van der Waals surface area contributed by atoms with Crippen LogP contribution in [0, 0.1) is 6.92 Å². The predicted octanol–water partition coefficient (Wildman–Crippen LogP) is 6.57. The number of phenols is 1. The first-order valence-electron chi connectivity index (χ1n) is 14.0. The van der Waals surface area contributed by atoms with Gasteiger partial charge in [-0.25, -0.2) is 9.97 Å². The summed E-state index contributed by atoms with van der Waals surface area (Å²) in [5, 5.41) is 22.6. The Bertz CT molecular complexity index is 1860. The highest BCUT2D eigenvalue weighted by Crippen LogP contribution is 2.44. The minimum Gasteiger partial charge on any atom is -0.507 e. The number of aromatic nitrogens is 4. The van der Waals surface area contributed by atoms with Crippen LogP contribution in [-0.4, -0.2) is 50.0 Å².